The molecular formula is C19H19N3O2. The molecule has 0 saturated carbocycles. The topological polar surface area (TPSA) is 68.0 Å². The Kier molecular flexibility index (Phi) is 4.16. The van der Waals surface area contributed by atoms with Crippen LogP contribution >= 0.6 is 0 Å². The zero-order valence-electron chi connectivity index (χ0n) is 13.9. The highest BCUT2D eigenvalue weighted by Gasteiger charge is 2.22. The van der Waals surface area contributed by atoms with Crippen LogP contribution in [0.15, 0.2) is 59.0 Å². The van der Waals surface area contributed by atoms with Gasteiger partial charge in [0, 0.05) is 22.2 Å². The summed E-state index contributed by atoms with van der Waals surface area (Å²) in [5.74, 6) is 0.862. The Morgan fingerprint density at radius 2 is 1.75 bits per heavy atom. The van der Waals surface area contributed by atoms with Crippen LogP contribution in [0.3, 0.4) is 0 Å². The number of anilines is 1. The monoisotopic (exact) mass is 321 g/mol. The summed E-state index contributed by atoms with van der Waals surface area (Å²) >= 11 is 0. The quantitative estimate of drug-likeness (QED) is 0.781. The predicted molar refractivity (Wildman–Crippen MR) is 92.8 cm³/mol. The smallest absolute Gasteiger partial charge is 0.255 e. The van der Waals surface area contributed by atoms with Crippen molar-refractivity contribution in [3.05, 3.63) is 66.1 Å². The van der Waals surface area contributed by atoms with Crippen LogP contribution in [0.5, 0.6) is 0 Å². The summed E-state index contributed by atoms with van der Waals surface area (Å²) in [5, 5.41) is 11.1. The number of carbonyl (C=O) groups is 1. The lowest BCUT2D eigenvalue weighted by Crippen LogP contribution is -2.11. The van der Waals surface area contributed by atoms with Gasteiger partial charge in [0.2, 0.25) is 11.8 Å². The molecule has 0 fully saturated rings. The van der Waals surface area contributed by atoms with Crippen LogP contribution in [0.4, 0.5) is 5.69 Å². The van der Waals surface area contributed by atoms with E-state index in [2.05, 4.69) is 15.5 Å². The van der Waals surface area contributed by atoms with Crippen LogP contribution in [-0.4, -0.2) is 16.1 Å². The fourth-order valence-corrected chi connectivity index (χ4v) is 2.17. The van der Waals surface area contributed by atoms with Gasteiger partial charge in [0.15, 0.2) is 0 Å². The Balaban J connectivity index is 1.82. The van der Waals surface area contributed by atoms with E-state index in [1.54, 1.807) is 12.1 Å². The maximum absolute atomic E-state index is 12.2. The van der Waals surface area contributed by atoms with Crippen molar-refractivity contribution in [1.29, 1.82) is 0 Å². The fraction of sp³-hybridized carbons (Fsp3) is 0.211. The molecule has 0 aliphatic rings. The first-order chi connectivity index (χ1) is 11.4. The van der Waals surface area contributed by atoms with Gasteiger partial charge in [0.1, 0.15) is 0 Å². The van der Waals surface area contributed by atoms with Gasteiger partial charge in [-0.2, -0.15) is 0 Å². The summed E-state index contributed by atoms with van der Waals surface area (Å²) in [4.78, 5) is 12.2. The molecule has 0 aliphatic carbocycles. The first kappa shape index (κ1) is 15.9. The minimum Gasteiger partial charge on any atom is -0.420 e. The van der Waals surface area contributed by atoms with E-state index < -0.39 is 0 Å². The van der Waals surface area contributed by atoms with Crippen LogP contribution < -0.4 is 5.32 Å². The van der Waals surface area contributed by atoms with Gasteiger partial charge in [0.25, 0.3) is 5.91 Å². The standard InChI is InChI=1S/C19H19N3O2/c1-19(2,3)18-22-21-17(24-18)14-10-7-11-15(12-14)20-16(23)13-8-5-4-6-9-13/h4-12H,1-3H3,(H,20,23). The Labute approximate surface area is 140 Å². The number of rotatable bonds is 3. The minimum absolute atomic E-state index is 0.159. The second-order valence-corrected chi connectivity index (χ2v) is 6.56. The SMILES string of the molecule is CC(C)(C)c1nnc(-c2cccc(NC(=O)c3ccccc3)c2)o1. The summed E-state index contributed by atoms with van der Waals surface area (Å²) in [5.41, 5.74) is 1.85. The van der Waals surface area contributed by atoms with E-state index in [4.69, 9.17) is 4.42 Å². The van der Waals surface area contributed by atoms with Gasteiger partial charge in [-0.15, -0.1) is 10.2 Å². The Bertz CT molecular complexity index is 848. The lowest BCUT2D eigenvalue weighted by Gasteiger charge is -2.11. The van der Waals surface area contributed by atoms with E-state index in [9.17, 15) is 4.79 Å². The molecule has 0 atom stereocenters. The molecule has 1 aromatic heterocycles. The van der Waals surface area contributed by atoms with Gasteiger partial charge < -0.3 is 9.73 Å². The van der Waals surface area contributed by atoms with Crippen molar-refractivity contribution in [3.63, 3.8) is 0 Å². The van der Waals surface area contributed by atoms with Gasteiger partial charge in [-0.1, -0.05) is 45.0 Å². The number of carbonyl (C=O) groups excluding carboxylic acids is 1. The number of hydrogen-bond acceptors (Lipinski definition) is 4. The Hall–Kier alpha value is -2.95. The molecule has 1 heterocycles. The van der Waals surface area contributed by atoms with Crippen molar-refractivity contribution in [2.24, 2.45) is 0 Å². The number of aromatic nitrogens is 2. The summed E-state index contributed by atoms with van der Waals surface area (Å²) in [6.07, 6.45) is 0. The number of hydrogen-bond donors (Lipinski definition) is 1. The number of nitrogens with one attached hydrogen (secondary N) is 1. The van der Waals surface area contributed by atoms with Crippen LogP contribution in [0.2, 0.25) is 0 Å². The van der Waals surface area contributed by atoms with Crippen LogP contribution in [0, 0.1) is 0 Å². The van der Waals surface area contributed by atoms with E-state index in [1.165, 1.54) is 0 Å². The Morgan fingerprint density at radius 1 is 1.00 bits per heavy atom. The van der Waals surface area contributed by atoms with Gasteiger partial charge in [-0.3, -0.25) is 4.79 Å². The zero-order chi connectivity index (χ0) is 17.2. The normalized spacial score (nSPS) is 11.3. The third kappa shape index (κ3) is 3.51. The number of benzene rings is 2. The highest BCUT2D eigenvalue weighted by Crippen LogP contribution is 2.26. The summed E-state index contributed by atoms with van der Waals surface area (Å²) in [7, 11) is 0. The largest absolute Gasteiger partial charge is 0.420 e. The lowest BCUT2D eigenvalue weighted by atomic mass is 9.97. The highest BCUT2D eigenvalue weighted by atomic mass is 16.4. The molecule has 2 aromatic carbocycles. The summed E-state index contributed by atoms with van der Waals surface area (Å²) in [6.45, 7) is 6.04. The van der Waals surface area contributed by atoms with E-state index >= 15 is 0 Å². The van der Waals surface area contributed by atoms with E-state index in [0.717, 1.165) is 5.56 Å². The number of nitrogens with zero attached hydrogens (tertiary/aromatic N) is 2. The van der Waals surface area contributed by atoms with Crippen molar-refractivity contribution in [2.75, 3.05) is 5.32 Å². The summed E-state index contributed by atoms with van der Waals surface area (Å²) in [6, 6.07) is 16.4. The van der Waals surface area contributed by atoms with Crippen LogP contribution in [0.25, 0.3) is 11.5 Å². The lowest BCUT2D eigenvalue weighted by molar-refractivity contribution is 0.102. The zero-order valence-corrected chi connectivity index (χ0v) is 13.9. The van der Waals surface area contributed by atoms with Crippen molar-refractivity contribution in [3.8, 4) is 11.5 Å². The van der Waals surface area contributed by atoms with Crippen molar-refractivity contribution in [2.45, 2.75) is 26.2 Å². The van der Waals surface area contributed by atoms with Gasteiger partial charge in [-0.05, 0) is 30.3 Å². The maximum Gasteiger partial charge on any atom is 0.255 e. The molecule has 0 spiro atoms. The average molecular weight is 321 g/mol. The molecular weight excluding hydrogens is 302 g/mol. The van der Waals surface area contributed by atoms with Gasteiger partial charge in [-0.25, -0.2) is 0 Å². The molecule has 0 saturated heterocycles. The van der Waals surface area contributed by atoms with Crippen molar-refractivity contribution in [1.82, 2.24) is 10.2 Å². The minimum atomic E-state index is -0.204. The predicted octanol–water partition coefficient (Wildman–Crippen LogP) is 4.29. The average Bonchev–Trinajstić information content (AvgIpc) is 3.06. The van der Waals surface area contributed by atoms with E-state index in [-0.39, 0.29) is 11.3 Å². The second-order valence-electron chi connectivity index (χ2n) is 6.56. The second kappa shape index (κ2) is 6.28. The molecule has 3 rings (SSSR count). The first-order valence-corrected chi connectivity index (χ1v) is 7.74. The molecule has 5 heteroatoms. The molecule has 0 bridgehead atoms. The molecule has 1 amide bonds. The molecule has 0 aliphatic heterocycles. The highest BCUT2D eigenvalue weighted by molar-refractivity contribution is 6.04. The third-order valence-electron chi connectivity index (χ3n) is 3.47. The van der Waals surface area contributed by atoms with Crippen molar-refractivity contribution < 1.29 is 9.21 Å². The molecule has 1 N–H and O–H groups in total. The fourth-order valence-electron chi connectivity index (χ4n) is 2.17. The molecule has 24 heavy (non-hydrogen) atoms. The molecule has 0 radical (unpaired) electrons. The third-order valence-corrected chi connectivity index (χ3v) is 3.47. The summed E-state index contributed by atoms with van der Waals surface area (Å²) < 4.78 is 5.74. The Morgan fingerprint density at radius 3 is 2.42 bits per heavy atom. The number of amides is 1. The van der Waals surface area contributed by atoms with Gasteiger partial charge >= 0.3 is 0 Å². The molecule has 122 valence electrons. The van der Waals surface area contributed by atoms with Crippen LogP contribution in [0.1, 0.15) is 37.0 Å². The molecule has 3 aromatic rings. The first-order valence-electron chi connectivity index (χ1n) is 7.74. The maximum atomic E-state index is 12.2. The van der Waals surface area contributed by atoms with E-state index in [0.29, 0.717) is 23.0 Å². The molecule has 0 unspecified atom stereocenters. The van der Waals surface area contributed by atoms with Gasteiger partial charge in [0.05, 0.1) is 0 Å². The van der Waals surface area contributed by atoms with Crippen molar-refractivity contribution >= 4 is 11.6 Å². The molecule has 5 nitrogen and oxygen atoms in total. The van der Waals surface area contributed by atoms with E-state index in [1.807, 2.05) is 63.2 Å². The van der Waals surface area contributed by atoms with Crippen LogP contribution in [-0.2, 0) is 5.41 Å².